The predicted octanol–water partition coefficient (Wildman–Crippen LogP) is 2.17. The topological polar surface area (TPSA) is 62.0 Å². The van der Waals surface area contributed by atoms with Crippen LogP contribution < -0.4 is 10.9 Å². The van der Waals surface area contributed by atoms with Gasteiger partial charge in [0.25, 0.3) is 11.5 Å². The molecule has 1 amide bonds. The molecule has 1 rings (SSSR count). The van der Waals surface area contributed by atoms with Crippen LogP contribution in [-0.2, 0) is 6.42 Å². The molecule has 0 aromatic carbocycles. The number of hydrogen-bond acceptors (Lipinski definition) is 2. The van der Waals surface area contributed by atoms with Crippen molar-refractivity contribution in [1.82, 2.24) is 10.3 Å². The van der Waals surface area contributed by atoms with Crippen LogP contribution in [0.15, 0.2) is 10.9 Å². The average molecular weight is 250 g/mol. The molecular formula is C14H22N2O2. The zero-order chi connectivity index (χ0) is 13.5. The van der Waals surface area contributed by atoms with E-state index in [2.05, 4.69) is 17.2 Å². The van der Waals surface area contributed by atoms with Crippen molar-refractivity contribution < 1.29 is 4.79 Å². The fourth-order valence-corrected chi connectivity index (χ4v) is 1.87. The maximum Gasteiger partial charge on any atom is 0.261 e. The molecular weight excluding hydrogens is 228 g/mol. The largest absolute Gasteiger partial charge is 0.352 e. The van der Waals surface area contributed by atoms with Gasteiger partial charge in [0, 0.05) is 12.2 Å². The molecule has 100 valence electrons. The van der Waals surface area contributed by atoms with Gasteiger partial charge in [0.05, 0.1) is 0 Å². The Balaban J connectivity index is 2.76. The highest BCUT2D eigenvalue weighted by atomic mass is 16.2. The van der Waals surface area contributed by atoms with E-state index in [9.17, 15) is 9.59 Å². The minimum absolute atomic E-state index is 0.217. The van der Waals surface area contributed by atoms with Crippen LogP contribution in [0.25, 0.3) is 0 Å². The SMILES string of the molecule is CCCCCNC(=O)c1cc(CC)c(C)[nH]c1=O. The van der Waals surface area contributed by atoms with Gasteiger partial charge in [0.15, 0.2) is 0 Å². The van der Waals surface area contributed by atoms with E-state index in [1.807, 2.05) is 13.8 Å². The molecule has 0 atom stereocenters. The van der Waals surface area contributed by atoms with Gasteiger partial charge < -0.3 is 10.3 Å². The van der Waals surface area contributed by atoms with Gasteiger partial charge in [-0.15, -0.1) is 0 Å². The second-order valence-electron chi connectivity index (χ2n) is 4.48. The number of aryl methyl sites for hydroxylation is 2. The molecule has 1 aromatic rings. The van der Waals surface area contributed by atoms with E-state index in [0.717, 1.165) is 36.9 Å². The number of pyridine rings is 1. The maximum absolute atomic E-state index is 11.9. The Hall–Kier alpha value is -1.58. The summed E-state index contributed by atoms with van der Waals surface area (Å²) >= 11 is 0. The van der Waals surface area contributed by atoms with Gasteiger partial charge in [-0.25, -0.2) is 0 Å². The number of amides is 1. The van der Waals surface area contributed by atoms with E-state index in [1.165, 1.54) is 0 Å². The van der Waals surface area contributed by atoms with Crippen molar-refractivity contribution in [2.24, 2.45) is 0 Å². The molecule has 0 fully saturated rings. The van der Waals surface area contributed by atoms with Gasteiger partial charge in [0.1, 0.15) is 5.56 Å². The van der Waals surface area contributed by atoms with Crippen molar-refractivity contribution in [3.8, 4) is 0 Å². The Morgan fingerprint density at radius 3 is 2.67 bits per heavy atom. The van der Waals surface area contributed by atoms with Gasteiger partial charge in [-0.1, -0.05) is 26.7 Å². The van der Waals surface area contributed by atoms with Gasteiger partial charge in [-0.3, -0.25) is 9.59 Å². The number of carbonyl (C=O) groups excluding carboxylic acids is 1. The smallest absolute Gasteiger partial charge is 0.261 e. The van der Waals surface area contributed by atoms with E-state index < -0.39 is 0 Å². The number of carbonyl (C=O) groups is 1. The summed E-state index contributed by atoms with van der Waals surface area (Å²) in [6, 6.07) is 1.70. The lowest BCUT2D eigenvalue weighted by Gasteiger charge is -2.07. The Morgan fingerprint density at radius 2 is 2.06 bits per heavy atom. The first-order valence-corrected chi connectivity index (χ1v) is 6.61. The molecule has 4 nitrogen and oxygen atoms in total. The highest BCUT2D eigenvalue weighted by molar-refractivity contribution is 5.93. The molecule has 0 saturated carbocycles. The molecule has 0 aliphatic carbocycles. The van der Waals surface area contributed by atoms with Gasteiger partial charge in [-0.2, -0.15) is 0 Å². The average Bonchev–Trinajstić information content (AvgIpc) is 2.34. The molecule has 0 unspecified atom stereocenters. The van der Waals surface area contributed by atoms with Crippen LogP contribution in [-0.4, -0.2) is 17.4 Å². The van der Waals surface area contributed by atoms with Crippen LogP contribution >= 0.6 is 0 Å². The first kappa shape index (κ1) is 14.5. The van der Waals surface area contributed by atoms with E-state index >= 15 is 0 Å². The van der Waals surface area contributed by atoms with Crippen molar-refractivity contribution in [3.05, 3.63) is 33.2 Å². The third kappa shape index (κ3) is 3.72. The van der Waals surface area contributed by atoms with Gasteiger partial charge in [-0.05, 0) is 31.4 Å². The molecule has 0 aliphatic heterocycles. The summed E-state index contributed by atoms with van der Waals surface area (Å²) in [6.07, 6.45) is 3.96. The number of hydrogen-bond donors (Lipinski definition) is 2. The third-order valence-corrected chi connectivity index (χ3v) is 3.04. The highest BCUT2D eigenvalue weighted by Crippen LogP contribution is 2.05. The first-order valence-electron chi connectivity index (χ1n) is 6.61. The third-order valence-electron chi connectivity index (χ3n) is 3.04. The van der Waals surface area contributed by atoms with E-state index in [4.69, 9.17) is 0 Å². The molecule has 18 heavy (non-hydrogen) atoms. The standard InChI is InChI=1S/C14H22N2O2/c1-4-6-7-8-15-13(17)12-9-11(5-2)10(3)16-14(12)18/h9H,4-8H2,1-3H3,(H,15,17)(H,16,18). The molecule has 0 bridgehead atoms. The summed E-state index contributed by atoms with van der Waals surface area (Å²) in [4.78, 5) is 26.3. The van der Waals surface area contributed by atoms with Gasteiger partial charge >= 0.3 is 0 Å². The molecule has 4 heteroatoms. The fourth-order valence-electron chi connectivity index (χ4n) is 1.87. The van der Waals surface area contributed by atoms with E-state index in [0.29, 0.717) is 6.54 Å². The van der Waals surface area contributed by atoms with Crippen LogP contribution in [0.2, 0.25) is 0 Å². The zero-order valence-electron chi connectivity index (χ0n) is 11.4. The molecule has 0 radical (unpaired) electrons. The number of unbranched alkanes of at least 4 members (excludes halogenated alkanes) is 2. The molecule has 1 heterocycles. The predicted molar refractivity (Wildman–Crippen MR) is 73.0 cm³/mol. The van der Waals surface area contributed by atoms with Crippen LogP contribution in [0.3, 0.4) is 0 Å². The number of aromatic nitrogens is 1. The van der Waals surface area contributed by atoms with Crippen LogP contribution in [0, 0.1) is 6.92 Å². The van der Waals surface area contributed by atoms with Crippen LogP contribution in [0.5, 0.6) is 0 Å². The van der Waals surface area contributed by atoms with E-state index in [1.54, 1.807) is 6.07 Å². The zero-order valence-corrected chi connectivity index (χ0v) is 11.4. The summed E-state index contributed by atoms with van der Waals surface area (Å²) in [5.74, 6) is -0.276. The van der Waals surface area contributed by atoms with Crippen molar-refractivity contribution >= 4 is 5.91 Å². The second kappa shape index (κ2) is 6.99. The molecule has 0 saturated heterocycles. The molecule has 2 N–H and O–H groups in total. The maximum atomic E-state index is 11.9. The van der Waals surface area contributed by atoms with Crippen LogP contribution in [0.1, 0.15) is 54.7 Å². The Labute approximate surface area is 108 Å². The quantitative estimate of drug-likeness (QED) is 0.760. The summed E-state index contributed by atoms with van der Waals surface area (Å²) in [5.41, 5.74) is 1.75. The van der Waals surface area contributed by atoms with Crippen LogP contribution in [0.4, 0.5) is 0 Å². The number of rotatable bonds is 6. The minimum atomic E-state index is -0.308. The lowest BCUT2D eigenvalue weighted by Crippen LogP contribution is -2.31. The lowest BCUT2D eigenvalue weighted by molar-refractivity contribution is 0.0951. The Kier molecular flexibility index (Phi) is 5.62. The number of aromatic amines is 1. The number of nitrogens with one attached hydrogen (secondary N) is 2. The van der Waals surface area contributed by atoms with Crippen molar-refractivity contribution in [3.63, 3.8) is 0 Å². The lowest BCUT2D eigenvalue weighted by atomic mass is 10.1. The van der Waals surface area contributed by atoms with Crippen molar-refractivity contribution in [1.29, 1.82) is 0 Å². The molecule has 0 aliphatic rings. The number of H-pyrrole nitrogens is 1. The van der Waals surface area contributed by atoms with Crippen molar-refractivity contribution in [2.75, 3.05) is 6.54 Å². The first-order chi connectivity index (χ1) is 8.60. The summed E-state index contributed by atoms with van der Waals surface area (Å²) in [7, 11) is 0. The summed E-state index contributed by atoms with van der Waals surface area (Å²) in [5, 5.41) is 2.79. The highest BCUT2D eigenvalue weighted by Gasteiger charge is 2.12. The van der Waals surface area contributed by atoms with Gasteiger partial charge in [0.2, 0.25) is 0 Å². The summed E-state index contributed by atoms with van der Waals surface area (Å²) < 4.78 is 0. The minimum Gasteiger partial charge on any atom is -0.352 e. The Morgan fingerprint density at radius 1 is 1.33 bits per heavy atom. The second-order valence-corrected chi connectivity index (χ2v) is 4.48. The molecule has 0 spiro atoms. The normalized spacial score (nSPS) is 10.4. The van der Waals surface area contributed by atoms with Crippen molar-refractivity contribution in [2.45, 2.75) is 46.5 Å². The monoisotopic (exact) mass is 250 g/mol. The fraction of sp³-hybridized carbons (Fsp3) is 0.571. The Bertz CT molecular complexity index is 463. The molecule has 1 aromatic heterocycles. The summed E-state index contributed by atoms with van der Waals surface area (Å²) in [6.45, 7) is 6.59. The van der Waals surface area contributed by atoms with E-state index in [-0.39, 0.29) is 17.0 Å².